The van der Waals surface area contributed by atoms with Crippen molar-refractivity contribution in [2.45, 2.75) is 26.4 Å². The van der Waals surface area contributed by atoms with E-state index >= 15 is 0 Å². The molecule has 0 aliphatic rings. The second-order valence-corrected chi connectivity index (χ2v) is 4.64. The largest absolute Gasteiger partial charge is 0.392 e. The molecule has 1 rings (SSSR count). The number of aliphatic hydroxyl groups excluding tert-OH is 1. The Morgan fingerprint density at radius 1 is 1.40 bits per heavy atom. The molecule has 0 aliphatic carbocycles. The van der Waals surface area contributed by atoms with Gasteiger partial charge in [-0.05, 0) is 31.6 Å². The Morgan fingerprint density at radius 3 is 2.55 bits per heavy atom. The number of aliphatic hydroxyl groups is 1. The Labute approximate surface area is 121 Å². The molecule has 3 nitrogen and oxygen atoms in total. The third-order valence-corrected chi connectivity index (χ3v) is 3.25. The zero-order valence-electron chi connectivity index (χ0n) is 12.3. The topological polar surface area (TPSA) is 47.3 Å². The molecule has 2 atom stereocenters. The van der Waals surface area contributed by atoms with Crippen LogP contribution in [0, 0.1) is 17.2 Å². The molecule has 106 valence electrons. The lowest BCUT2D eigenvalue weighted by molar-refractivity contribution is 0.144. The molecule has 0 aromatic heterocycles. The summed E-state index contributed by atoms with van der Waals surface area (Å²) in [6.07, 6.45) is 5.82. The van der Waals surface area contributed by atoms with E-state index in [1.807, 2.05) is 74.4 Å². The van der Waals surface area contributed by atoms with Crippen molar-refractivity contribution < 1.29 is 5.11 Å². The van der Waals surface area contributed by atoms with Crippen LogP contribution >= 0.6 is 0 Å². The highest BCUT2D eigenvalue weighted by Crippen LogP contribution is 2.20. The van der Waals surface area contributed by atoms with Crippen LogP contribution in [0.3, 0.4) is 0 Å². The lowest BCUT2D eigenvalue weighted by Gasteiger charge is -2.21. The van der Waals surface area contributed by atoms with Crippen LogP contribution in [0.5, 0.6) is 0 Å². The van der Waals surface area contributed by atoms with Crippen molar-refractivity contribution in [1.29, 1.82) is 5.26 Å². The minimum absolute atomic E-state index is 0.147. The van der Waals surface area contributed by atoms with Gasteiger partial charge in [0.05, 0.1) is 6.10 Å². The maximum atomic E-state index is 10.0. The van der Waals surface area contributed by atoms with Gasteiger partial charge in [0.25, 0.3) is 0 Å². The van der Waals surface area contributed by atoms with Crippen molar-refractivity contribution in [2.24, 2.45) is 5.92 Å². The number of allylic oxidation sites excluding steroid dienone is 2. The standard InChI is InChI=1S/C17H22N2O/c1-4-9-14(17(20)5-2)12-16(13-18)19(3)15-10-7-6-8-11-15/h4,6-12,14,17,20H,5H2,1-3H3/b9-4+,16-12+. The van der Waals surface area contributed by atoms with Gasteiger partial charge in [-0.3, -0.25) is 0 Å². The minimum atomic E-state index is -0.473. The molecule has 0 spiro atoms. The Bertz CT molecular complexity index is 499. The summed E-state index contributed by atoms with van der Waals surface area (Å²) in [6.45, 7) is 3.85. The van der Waals surface area contributed by atoms with E-state index in [9.17, 15) is 10.4 Å². The highest BCUT2D eigenvalue weighted by atomic mass is 16.3. The predicted octanol–water partition coefficient (Wildman–Crippen LogP) is 3.49. The van der Waals surface area contributed by atoms with E-state index in [0.717, 1.165) is 5.69 Å². The number of benzene rings is 1. The molecule has 0 fully saturated rings. The minimum Gasteiger partial charge on any atom is -0.392 e. The Morgan fingerprint density at radius 2 is 2.05 bits per heavy atom. The first-order valence-corrected chi connectivity index (χ1v) is 6.85. The zero-order chi connectivity index (χ0) is 15.0. The summed E-state index contributed by atoms with van der Waals surface area (Å²) in [7, 11) is 1.86. The van der Waals surface area contributed by atoms with Gasteiger partial charge in [-0.25, -0.2) is 0 Å². The van der Waals surface area contributed by atoms with Gasteiger partial charge in [0.2, 0.25) is 0 Å². The summed E-state index contributed by atoms with van der Waals surface area (Å²) in [4.78, 5) is 1.83. The molecule has 0 saturated heterocycles. The SMILES string of the molecule is C/C=C/C(/C=C(\C#N)N(C)c1ccccc1)C(O)CC. The summed E-state index contributed by atoms with van der Waals surface area (Å²) in [5, 5.41) is 19.4. The fourth-order valence-electron chi connectivity index (χ4n) is 1.99. The van der Waals surface area contributed by atoms with Crippen LogP contribution in [0.2, 0.25) is 0 Å². The van der Waals surface area contributed by atoms with Gasteiger partial charge in [0.1, 0.15) is 11.8 Å². The molecule has 0 saturated carbocycles. The second-order valence-electron chi connectivity index (χ2n) is 4.64. The molecule has 0 heterocycles. The Hall–Kier alpha value is -2.05. The van der Waals surface area contributed by atoms with Crippen LogP contribution in [0.4, 0.5) is 5.69 Å². The first-order valence-electron chi connectivity index (χ1n) is 6.85. The van der Waals surface area contributed by atoms with Gasteiger partial charge in [-0.2, -0.15) is 5.26 Å². The van der Waals surface area contributed by atoms with E-state index in [2.05, 4.69) is 6.07 Å². The first kappa shape index (κ1) is 16.0. The lowest BCUT2D eigenvalue weighted by atomic mass is 9.98. The number of rotatable bonds is 6. The second kappa shape index (κ2) is 8.19. The maximum Gasteiger partial charge on any atom is 0.117 e. The third kappa shape index (κ3) is 4.25. The molecule has 2 unspecified atom stereocenters. The summed E-state index contributed by atoms with van der Waals surface area (Å²) in [6, 6.07) is 11.9. The molecule has 1 aromatic rings. The van der Waals surface area contributed by atoms with Crippen LogP contribution in [0.1, 0.15) is 20.3 Å². The van der Waals surface area contributed by atoms with E-state index in [-0.39, 0.29) is 5.92 Å². The fraction of sp³-hybridized carbons (Fsp3) is 0.353. The number of hydrogen-bond donors (Lipinski definition) is 1. The number of hydrogen-bond acceptors (Lipinski definition) is 3. The number of para-hydroxylation sites is 1. The molecule has 0 radical (unpaired) electrons. The third-order valence-electron chi connectivity index (χ3n) is 3.25. The van der Waals surface area contributed by atoms with E-state index in [1.54, 1.807) is 0 Å². The van der Waals surface area contributed by atoms with E-state index in [1.165, 1.54) is 0 Å². The van der Waals surface area contributed by atoms with Gasteiger partial charge in [0.15, 0.2) is 0 Å². The molecule has 0 bridgehead atoms. The summed E-state index contributed by atoms with van der Waals surface area (Å²) < 4.78 is 0. The van der Waals surface area contributed by atoms with Gasteiger partial charge in [-0.15, -0.1) is 0 Å². The molecular weight excluding hydrogens is 248 g/mol. The van der Waals surface area contributed by atoms with Crippen molar-refractivity contribution in [3.63, 3.8) is 0 Å². The van der Waals surface area contributed by atoms with Crippen molar-refractivity contribution >= 4 is 5.69 Å². The van der Waals surface area contributed by atoms with E-state index < -0.39 is 6.10 Å². The van der Waals surface area contributed by atoms with Gasteiger partial charge >= 0.3 is 0 Å². The van der Waals surface area contributed by atoms with Gasteiger partial charge in [-0.1, -0.05) is 37.3 Å². The lowest BCUT2D eigenvalue weighted by Crippen LogP contribution is -2.20. The monoisotopic (exact) mass is 270 g/mol. The van der Waals surface area contributed by atoms with E-state index in [0.29, 0.717) is 12.1 Å². The fourth-order valence-corrected chi connectivity index (χ4v) is 1.99. The summed E-state index contributed by atoms with van der Waals surface area (Å²) in [5.41, 5.74) is 1.48. The van der Waals surface area contributed by atoms with Crippen molar-refractivity contribution in [3.8, 4) is 6.07 Å². The zero-order valence-corrected chi connectivity index (χ0v) is 12.3. The molecule has 1 N–H and O–H groups in total. The smallest absolute Gasteiger partial charge is 0.117 e. The first-order chi connectivity index (χ1) is 9.63. The van der Waals surface area contributed by atoms with Gasteiger partial charge < -0.3 is 10.0 Å². The Balaban J connectivity index is 3.04. The predicted molar refractivity (Wildman–Crippen MR) is 83.1 cm³/mol. The molecule has 0 aliphatic heterocycles. The van der Waals surface area contributed by atoms with Crippen LogP contribution in [0.15, 0.2) is 54.3 Å². The van der Waals surface area contributed by atoms with Crippen molar-refractivity contribution in [1.82, 2.24) is 0 Å². The van der Waals surface area contributed by atoms with Crippen molar-refractivity contribution in [2.75, 3.05) is 11.9 Å². The van der Waals surface area contributed by atoms with Crippen LogP contribution in [0.25, 0.3) is 0 Å². The van der Waals surface area contributed by atoms with Crippen LogP contribution < -0.4 is 4.90 Å². The maximum absolute atomic E-state index is 10.0. The van der Waals surface area contributed by atoms with Crippen molar-refractivity contribution in [3.05, 3.63) is 54.3 Å². The average molecular weight is 270 g/mol. The summed E-state index contributed by atoms with van der Waals surface area (Å²) >= 11 is 0. The highest BCUT2D eigenvalue weighted by molar-refractivity contribution is 5.54. The highest BCUT2D eigenvalue weighted by Gasteiger charge is 2.15. The summed E-state index contributed by atoms with van der Waals surface area (Å²) in [5.74, 6) is -0.147. The van der Waals surface area contributed by atoms with Gasteiger partial charge in [0, 0.05) is 18.7 Å². The molecule has 1 aromatic carbocycles. The molecule has 3 heteroatoms. The molecule has 0 amide bonds. The van der Waals surface area contributed by atoms with Crippen LogP contribution in [-0.2, 0) is 0 Å². The normalized spacial score (nSPS) is 14.8. The van der Waals surface area contributed by atoms with E-state index in [4.69, 9.17) is 0 Å². The van der Waals surface area contributed by atoms with Crippen LogP contribution in [-0.4, -0.2) is 18.3 Å². The number of anilines is 1. The Kier molecular flexibility index (Phi) is 6.55. The number of nitriles is 1. The molecular formula is C17H22N2O. The number of nitrogens with zero attached hydrogens (tertiary/aromatic N) is 2. The average Bonchev–Trinajstić information content (AvgIpc) is 2.50. The molecule has 20 heavy (non-hydrogen) atoms. The quantitative estimate of drug-likeness (QED) is 0.636.